The molecule has 124 valence electrons. The third kappa shape index (κ3) is 2.80. The van der Waals surface area contributed by atoms with Crippen LogP contribution >= 0.6 is 0 Å². The number of rotatable bonds is 3. The van der Waals surface area contributed by atoms with Crippen molar-refractivity contribution in [2.24, 2.45) is 0 Å². The Morgan fingerprint density at radius 1 is 1.00 bits per heavy atom. The average molecular weight is 338 g/mol. The second-order valence-electron chi connectivity index (χ2n) is 5.55. The molecule has 0 bridgehead atoms. The quantitative estimate of drug-likeness (QED) is 0.577. The predicted octanol–water partition coefficient (Wildman–Crippen LogP) is 2.88. The molecule has 0 aliphatic heterocycles. The second kappa shape index (κ2) is 5.94. The lowest BCUT2D eigenvalue weighted by atomic mass is 10.1. The highest BCUT2D eigenvalue weighted by Crippen LogP contribution is 2.18. The van der Waals surface area contributed by atoms with Gasteiger partial charge in [-0.1, -0.05) is 18.2 Å². The Balaban J connectivity index is 1.76. The van der Waals surface area contributed by atoms with E-state index in [-0.39, 0.29) is 17.9 Å². The van der Waals surface area contributed by atoms with E-state index in [0.29, 0.717) is 22.3 Å². The Hall–Kier alpha value is -3.35. The molecule has 0 saturated heterocycles. The van der Waals surface area contributed by atoms with Gasteiger partial charge in [-0.25, -0.2) is 18.0 Å². The van der Waals surface area contributed by atoms with Crippen LogP contribution in [0.1, 0.15) is 5.56 Å². The average Bonchev–Trinajstić information content (AvgIpc) is 3.05. The summed E-state index contributed by atoms with van der Waals surface area (Å²) in [5.41, 5.74) is 1.52. The predicted molar refractivity (Wildman–Crippen MR) is 88.1 cm³/mol. The summed E-state index contributed by atoms with van der Waals surface area (Å²) in [6.07, 6.45) is 1.39. The summed E-state index contributed by atoms with van der Waals surface area (Å²) in [6, 6.07) is 13.7. The first-order chi connectivity index (χ1) is 12.1. The van der Waals surface area contributed by atoms with Gasteiger partial charge in [-0.05, 0) is 36.4 Å². The van der Waals surface area contributed by atoms with E-state index in [1.165, 1.54) is 33.7 Å². The SMILES string of the molecule is O=c1c2cc(-c3ccc(F)cc3)nn2cnn1Cc1ccccc1F. The molecule has 5 nitrogen and oxygen atoms in total. The van der Waals surface area contributed by atoms with E-state index >= 15 is 0 Å². The zero-order valence-electron chi connectivity index (χ0n) is 12.9. The molecule has 25 heavy (non-hydrogen) atoms. The molecule has 4 rings (SSSR count). The summed E-state index contributed by atoms with van der Waals surface area (Å²) in [5, 5.41) is 8.33. The fourth-order valence-electron chi connectivity index (χ4n) is 2.60. The topological polar surface area (TPSA) is 52.2 Å². The van der Waals surface area contributed by atoms with Crippen molar-refractivity contribution in [1.82, 2.24) is 19.4 Å². The van der Waals surface area contributed by atoms with E-state index in [4.69, 9.17) is 0 Å². The Bertz CT molecular complexity index is 1120. The highest BCUT2D eigenvalue weighted by molar-refractivity contribution is 5.65. The van der Waals surface area contributed by atoms with Crippen LogP contribution in [0.3, 0.4) is 0 Å². The molecule has 0 saturated carbocycles. The molecular formula is C18H12F2N4O. The maximum absolute atomic E-state index is 13.8. The number of hydrogen-bond acceptors (Lipinski definition) is 3. The van der Waals surface area contributed by atoms with Gasteiger partial charge in [0.25, 0.3) is 5.56 Å². The third-order valence-electron chi connectivity index (χ3n) is 3.91. The number of nitrogens with zero attached hydrogens (tertiary/aromatic N) is 4. The zero-order valence-corrected chi connectivity index (χ0v) is 12.9. The van der Waals surface area contributed by atoms with Gasteiger partial charge in [-0.3, -0.25) is 4.79 Å². The van der Waals surface area contributed by atoms with Crippen molar-refractivity contribution >= 4 is 5.52 Å². The first-order valence-corrected chi connectivity index (χ1v) is 7.57. The molecule has 2 heterocycles. The smallest absolute Gasteiger partial charge is 0.265 e. The van der Waals surface area contributed by atoms with Crippen molar-refractivity contribution in [1.29, 1.82) is 0 Å². The van der Waals surface area contributed by atoms with E-state index in [9.17, 15) is 13.6 Å². The van der Waals surface area contributed by atoms with Gasteiger partial charge in [0.15, 0.2) is 0 Å². The number of hydrogen-bond donors (Lipinski definition) is 0. The molecule has 0 fully saturated rings. The van der Waals surface area contributed by atoms with Crippen molar-refractivity contribution in [2.45, 2.75) is 6.54 Å². The number of aromatic nitrogens is 4. The molecule has 0 atom stereocenters. The molecule has 0 N–H and O–H groups in total. The van der Waals surface area contributed by atoms with Gasteiger partial charge < -0.3 is 0 Å². The van der Waals surface area contributed by atoms with Crippen molar-refractivity contribution < 1.29 is 8.78 Å². The van der Waals surface area contributed by atoms with Crippen LogP contribution in [0, 0.1) is 11.6 Å². The Morgan fingerprint density at radius 3 is 2.52 bits per heavy atom. The summed E-state index contributed by atoms with van der Waals surface area (Å²) in [4.78, 5) is 12.6. The van der Waals surface area contributed by atoms with Crippen LogP contribution in [0.2, 0.25) is 0 Å². The lowest BCUT2D eigenvalue weighted by Crippen LogP contribution is -2.25. The monoisotopic (exact) mass is 338 g/mol. The van der Waals surface area contributed by atoms with Crippen molar-refractivity contribution in [2.75, 3.05) is 0 Å². The number of fused-ring (bicyclic) bond motifs is 1. The minimum atomic E-state index is -0.392. The number of benzene rings is 2. The minimum Gasteiger partial charge on any atom is -0.265 e. The first-order valence-electron chi connectivity index (χ1n) is 7.57. The molecule has 0 aliphatic carbocycles. The first kappa shape index (κ1) is 15.2. The Morgan fingerprint density at radius 2 is 1.76 bits per heavy atom. The van der Waals surface area contributed by atoms with Gasteiger partial charge in [-0.2, -0.15) is 10.2 Å². The maximum Gasteiger partial charge on any atom is 0.293 e. The molecule has 0 unspecified atom stereocenters. The van der Waals surface area contributed by atoms with Crippen LogP contribution in [-0.2, 0) is 6.54 Å². The lowest BCUT2D eigenvalue weighted by molar-refractivity contribution is 0.566. The summed E-state index contributed by atoms with van der Waals surface area (Å²) in [7, 11) is 0. The van der Waals surface area contributed by atoms with E-state index < -0.39 is 5.82 Å². The van der Waals surface area contributed by atoms with Crippen molar-refractivity contribution in [3.05, 3.63) is 88.5 Å². The Labute approximate surface area is 140 Å². The van der Waals surface area contributed by atoms with Gasteiger partial charge >= 0.3 is 0 Å². The van der Waals surface area contributed by atoms with E-state index in [2.05, 4.69) is 10.2 Å². The lowest BCUT2D eigenvalue weighted by Gasteiger charge is -2.05. The van der Waals surface area contributed by atoms with E-state index in [0.717, 1.165) is 0 Å². The molecule has 0 aliphatic rings. The molecule has 0 radical (unpaired) electrons. The van der Waals surface area contributed by atoms with Gasteiger partial charge in [0.2, 0.25) is 0 Å². The van der Waals surface area contributed by atoms with Gasteiger partial charge in [0.05, 0.1) is 12.2 Å². The third-order valence-corrected chi connectivity index (χ3v) is 3.91. The second-order valence-corrected chi connectivity index (χ2v) is 5.55. The Kier molecular flexibility index (Phi) is 3.61. The fraction of sp³-hybridized carbons (Fsp3) is 0.0556. The molecule has 2 aromatic heterocycles. The molecule has 4 aromatic rings. The van der Waals surface area contributed by atoms with Crippen molar-refractivity contribution in [3.63, 3.8) is 0 Å². The van der Waals surface area contributed by atoms with Crippen LogP contribution in [-0.4, -0.2) is 19.4 Å². The number of halogens is 2. The summed E-state index contributed by atoms with van der Waals surface area (Å²) >= 11 is 0. The largest absolute Gasteiger partial charge is 0.293 e. The molecule has 7 heteroatoms. The molecular weight excluding hydrogens is 326 g/mol. The molecule has 0 amide bonds. The summed E-state index contributed by atoms with van der Waals surface area (Å²) in [5.74, 6) is -0.738. The van der Waals surface area contributed by atoms with Crippen LogP contribution in [0.15, 0.2) is 65.7 Å². The van der Waals surface area contributed by atoms with Crippen LogP contribution in [0.25, 0.3) is 16.8 Å². The maximum atomic E-state index is 13.8. The minimum absolute atomic E-state index is 0.0269. The van der Waals surface area contributed by atoms with Gasteiger partial charge in [0.1, 0.15) is 23.5 Å². The highest BCUT2D eigenvalue weighted by Gasteiger charge is 2.11. The van der Waals surface area contributed by atoms with Crippen LogP contribution in [0.5, 0.6) is 0 Å². The fourth-order valence-corrected chi connectivity index (χ4v) is 2.60. The van der Waals surface area contributed by atoms with Crippen LogP contribution in [0.4, 0.5) is 8.78 Å². The standard InChI is InChI=1S/C18H12F2N4O/c19-14-7-5-12(6-8-14)16-9-17-18(25)23(21-11-24(17)22-16)10-13-3-1-2-4-15(13)20/h1-9,11H,10H2. The summed E-state index contributed by atoms with van der Waals surface area (Å²) in [6.45, 7) is 0.0269. The van der Waals surface area contributed by atoms with E-state index in [1.807, 2.05) is 0 Å². The van der Waals surface area contributed by atoms with Gasteiger partial charge in [0, 0.05) is 11.1 Å². The normalized spacial score (nSPS) is 11.1. The summed E-state index contributed by atoms with van der Waals surface area (Å²) < 4.78 is 29.4. The van der Waals surface area contributed by atoms with Crippen LogP contribution < -0.4 is 5.56 Å². The molecule has 0 spiro atoms. The van der Waals surface area contributed by atoms with Gasteiger partial charge in [-0.15, -0.1) is 0 Å². The molecule has 2 aromatic carbocycles. The van der Waals surface area contributed by atoms with Crippen molar-refractivity contribution in [3.8, 4) is 11.3 Å². The van der Waals surface area contributed by atoms with E-state index in [1.54, 1.807) is 36.4 Å². The highest BCUT2D eigenvalue weighted by atomic mass is 19.1. The zero-order chi connectivity index (χ0) is 17.4.